The van der Waals surface area contributed by atoms with Gasteiger partial charge in [0.05, 0.1) is 12.8 Å². The fourth-order valence-electron chi connectivity index (χ4n) is 0.752. The van der Waals surface area contributed by atoms with E-state index in [2.05, 4.69) is 15.4 Å². The molecule has 2 N–H and O–H groups in total. The van der Waals surface area contributed by atoms with Gasteiger partial charge in [-0.1, -0.05) is 0 Å². The SMILES string of the molecule is CN(CCO)C(=O)c1cn[nH]n1. The second kappa shape index (κ2) is 3.82. The van der Waals surface area contributed by atoms with E-state index in [1.807, 2.05) is 0 Å². The highest BCUT2D eigenvalue weighted by molar-refractivity contribution is 5.91. The fraction of sp³-hybridized carbons (Fsp3) is 0.500. The summed E-state index contributed by atoms with van der Waals surface area (Å²) in [4.78, 5) is 12.7. The summed E-state index contributed by atoms with van der Waals surface area (Å²) in [5, 5.41) is 18.0. The van der Waals surface area contributed by atoms with E-state index in [1.54, 1.807) is 7.05 Å². The van der Waals surface area contributed by atoms with Crippen LogP contribution in [-0.4, -0.2) is 51.5 Å². The predicted octanol–water partition coefficient (Wildman–Crippen LogP) is -1.13. The Bertz CT molecular complexity index is 246. The standard InChI is InChI=1S/C6H10N4O2/c1-10(2-3-11)6(12)5-4-7-9-8-5/h4,11H,2-3H2,1H3,(H,7,8,9). The van der Waals surface area contributed by atoms with E-state index in [-0.39, 0.29) is 18.2 Å². The second-order valence-electron chi connectivity index (χ2n) is 2.31. The molecule has 1 rings (SSSR count). The predicted molar refractivity (Wildman–Crippen MR) is 40.4 cm³/mol. The van der Waals surface area contributed by atoms with Crippen LogP contribution in [0.25, 0.3) is 0 Å². The zero-order chi connectivity index (χ0) is 8.97. The van der Waals surface area contributed by atoms with Crippen LogP contribution in [0.1, 0.15) is 10.5 Å². The van der Waals surface area contributed by atoms with Crippen LogP contribution < -0.4 is 0 Å². The summed E-state index contributed by atoms with van der Waals surface area (Å²) in [5.41, 5.74) is 0.256. The first-order chi connectivity index (χ1) is 5.75. The highest BCUT2D eigenvalue weighted by Crippen LogP contribution is 1.95. The van der Waals surface area contributed by atoms with Gasteiger partial charge in [-0.25, -0.2) is 0 Å². The molecule has 0 atom stereocenters. The van der Waals surface area contributed by atoms with Crippen LogP contribution in [0, 0.1) is 0 Å². The van der Waals surface area contributed by atoms with Crippen molar-refractivity contribution in [1.29, 1.82) is 0 Å². The molecule has 6 heteroatoms. The molecule has 1 aromatic rings. The lowest BCUT2D eigenvalue weighted by Gasteiger charge is -2.12. The van der Waals surface area contributed by atoms with E-state index in [0.29, 0.717) is 6.54 Å². The average molecular weight is 170 g/mol. The van der Waals surface area contributed by atoms with Gasteiger partial charge in [-0.05, 0) is 0 Å². The van der Waals surface area contributed by atoms with Crippen LogP contribution in [0.5, 0.6) is 0 Å². The monoisotopic (exact) mass is 170 g/mol. The van der Waals surface area contributed by atoms with Gasteiger partial charge in [0.2, 0.25) is 0 Å². The Morgan fingerprint density at radius 2 is 2.58 bits per heavy atom. The Morgan fingerprint density at radius 1 is 1.83 bits per heavy atom. The zero-order valence-corrected chi connectivity index (χ0v) is 6.69. The molecule has 0 fully saturated rings. The Hall–Kier alpha value is -1.43. The summed E-state index contributed by atoms with van der Waals surface area (Å²) in [6.07, 6.45) is 1.34. The summed E-state index contributed by atoms with van der Waals surface area (Å²) in [5.74, 6) is -0.252. The molecule has 0 aliphatic heterocycles. The van der Waals surface area contributed by atoms with Crippen LogP contribution in [0.2, 0.25) is 0 Å². The molecule has 0 radical (unpaired) electrons. The Kier molecular flexibility index (Phi) is 2.76. The van der Waals surface area contributed by atoms with Crippen molar-refractivity contribution < 1.29 is 9.90 Å². The molecule has 0 saturated heterocycles. The smallest absolute Gasteiger partial charge is 0.275 e. The van der Waals surface area contributed by atoms with E-state index in [4.69, 9.17) is 5.11 Å². The number of aromatic nitrogens is 3. The van der Waals surface area contributed by atoms with E-state index in [1.165, 1.54) is 11.1 Å². The number of aliphatic hydroxyl groups excluding tert-OH is 1. The van der Waals surface area contributed by atoms with Crippen LogP contribution in [0.15, 0.2) is 6.20 Å². The number of carbonyl (C=O) groups is 1. The lowest BCUT2D eigenvalue weighted by Crippen LogP contribution is -2.29. The van der Waals surface area contributed by atoms with E-state index in [9.17, 15) is 4.79 Å². The minimum Gasteiger partial charge on any atom is -0.395 e. The highest BCUT2D eigenvalue weighted by Gasteiger charge is 2.12. The number of H-pyrrole nitrogens is 1. The highest BCUT2D eigenvalue weighted by atomic mass is 16.3. The van der Waals surface area contributed by atoms with E-state index in [0.717, 1.165) is 0 Å². The Morgan fingerprint density at radius 3 is 3.08 bits per heavy atom. The third-order valence-corrected chi connectivity index (χ3v) is 1.42. The molecule has 0 aliphatic rings. The van der Waals surface area contributed by atoms with E-state index < -0.39 is 0 Å². The normalized spacial score (nSPS) is 9.83. The molecule has 66 valence electrons. The Labute approximate surface area is 69.2 Å². The molecule has 0 saturated carbocycles. The van der Waals surface area contributed by atoms with Crippen molar-refractivity contribution in [3.05, 3.63) is 11.9 Å². The number of hydrogen-bond donors (Lipinski definition) is 2. The maximum Gasteiger partial charge on any atom is 0.275 e. The quantitative estimate of drug-likeness (QED) is 0.601. The molecule has 0 aromatic carbocycles. The fourth-order valence-corrected chi connectivity index (χ4v) is 0.752. The van der Waals surface area contributed by atoms with Crippen molar-refractivity contribution in [2.45, 2.75) is 0 Å². The van der Waals surface area contributed by atoms with Crippen molar-refractivity contribution in [3.63, 3.8) is 0 Å². The molecule has 0 spiro atoms. The number of carbonyl (C=O) groups excluding carboxylic acids is 1. The minimum absolute atomic E-state index is 0.0555. The minimum atomic E-state index is -0.252. The molecule has 0 unspecified atom stereocenters. The number of aliphatic hydroxyl groups is 1. The van der Waals surface area contributed by atoms with Crippen molar-refractivity contribution in [1.82, 2.24) is 20.3 Å². The van der Waals surface area contributed by atoms with Crippen molar-refractivity contribution in [2.24, 2.45) is 0 Å². The van der Waals surface area contributed by atoms with Crippen LogP contribution >= 0.6 is 0 Å². The van der Waals surface area contributed by atoms with Crippen molar-refractivity contribution in [3.8, 4) is 0 Å². The van der Waals surface area contributed by atoms with Gasteiger partial charge >= 0.3 is 0 Å². The molecule has 6 nitrogen and oxygen atoms in total. The summed E-state index contributed by atoms with van der Waals surface area (Å²) < 4.78 is 0. The van der Waals surface area contributed by atoms with Gasteiger partial charge in [-0.2, -0.15) is 15.4 Å². The summed E-state index contributed by atoms with van der Waals surface area (Å²) >= 11 is 0. The first-order valence-electron chi connectivity index (χ1n) is 3.48. The molecular formula is C6H10N4O2. The van der Waals surface area contributed by atoms with Gasteiger partial charge in [-0.15, -0.1) is 0 Å². The third-order valence-electron chi connectivity index (χ3n) is 1.42. The van der Waals surface area contributed by atoms with Crippen molar-refractivity contribution in [2.75, 3.05) is 20.2 Å². The van der Waals surface area contributed by atoms with Gasteiger partial charge in [0, 0.05) is 13.6 Å². The maximum atomic E-state index is 11.3. The first kappa shape index (κ1) is 8.66. The number of likely N-dealkylation sites (N-methyl/N-ethyl adjacent to an activating group) is 1. The molecular weight excluding hydrogens is 160 g/mol. The number of nitrogens with zero attached hydrogens (tertiary/aromatic N) is 3. The lowest BCUT2D eigenvalue weighted by molar-refractivity contribution is 0.0761. The van der Waals surface area contributed by atoms with Gasteiger partial charge in [-0.3, -0.25) is 4.79 Å². The van der Waals surface area contributed by atoms with Gasteiger partial charge in [0.1, 0.15) is 0 Å². The largest absolute Gasteiger partial charge is 0.395 e. The summed E-state index contributed by atoms with van der Waals surface area (Å²) in [6.45, 7) is 0.242. The lowest BCUT2D eigenvalue weighted by atomic mass is 10.4. The second-order valence-corrected chi connectivity index (χ2v) is 2.31. The third kappa shape index (κ3) is 1.79. The molecule has 1 heterocycles. The molecule has 0 aliphatic carbocycles. The number of nitrogens with one attached hydrogen (secondary N) is 1. The molecule has 12 heavy (non-hydrogen) atoms. The molecule has 1 aromatic heterocycles. The topological polar surface area (TPSA) is 82.1 Å². The van der Waals surface area contributed by atoms with Crippen LogP contribution in [-0.2, 0) is 0 Å². The van der Waals surface area contributed by atoms with Crippen LogP contribution in [0.3, 0.4) is 0 Å². The zero-order valence-electron chi connectivity index (χ0n) is 6.69. The molecule has 1 amide bonds. The van der Waals surface area contributed by atoms with Gasteiger partial charge in [0.15, 0.2) is 5.69 Å². The molecule has 0 bridgehead atoms. The first-order valence-corrected chi connectivity index (χ1v) is 3.48. The number of amides is 1. The number of rotatable bonds is 3. The van der Waals surface area contributed by atoms with Gasteiger partial charge in [0.25, 0.3) is 5.91 Å². The van der Waals surface area contributed by atoms with E-state index >= 15 is 0 Å². The maximum absolute atomic E-state index is 11.3. The van der Waals surface area contributed by atoms with Crippen molar-refractivity contribution >= 4 is 5.91 Å². The Balaban J connectivity index is 2.59. The average Bonchev–Trinajstić information content (AvgIpc) is 2.55. The van der Waals surface area contributed by atoms with Gasteiger partial charge < -0.3 is 10.0 Å². The summed E-state index contributed by atoms with van der Waals surface area (Å²) in [7, 11) is 1.59. The number of aromatic amines is 1. The summed E-state index contributed by atoms with van der Waals surface area (Å²) in [6, 6.07) is 0. The number of hydrogen-bond acceptors (Lipinski definition) is 4. The van der Waals surface area contributed by atoms with Crippen LogP contribution in [0.4, 0.5) is 0 Å².